The number of ketones is 1. The van der Waals surface area contributed by atoms with Gasteiger partial charge in [0.1, 0.15) is 0 Å². The normalized spacial score (nSPS) is 10.0. The van der Waals surface area contributed by atoms with Crippen LogP contribution in [0.4, 0.5) is 5.69 Å². The Morgan fingerprint density at radius 1 is 1.00 bits per heavy atom. The number of ether oxygens (including phenoxy) is 1. The number of nitrogens with one attached hydrogen (secondary N) is 1. The summed E-state index contributed by atoms with van der Waals surface area (Å²) < 4.78 is 5.04. The third kappa shape index (κ3) is 4.78. The van der Waals surface area contributed by atoms with Gasteiger partial charge in [0.2, 0.25) is 5.91 Å². The molecule has 2 aromatic rings. The SMILES string of the molecule is CC(=O)Nc1ccc(C(=O)COC(=O)c2cccc(C)c2)cc1. The highest BCUT2D eigenvalue weighted by atomic mass is 16.5. The van der Waals surface area contributed by atoms with E-state index in [1.165, 1.54) is 6.92 Å². The van der Waals surface area contributed by atoms with Gasteiger partial charge in [-0.25, -0.2) is 4.79 Å². The predicted molar refractivity (Wildman–Crippen MR) is 86.5 cm³/mol. The summed E-state index contributed by atoms with van der Waals surface area (Å²) in [5.41, 5.74) is 2.38. The second-order valence-corrected chi connectivity index (χ2v) is 5.13. The first-order valence-corrected chi connectivity index (χ1v) is 7.10. The lowest BCUT2D eigenvalue weighted by molar-refractivity contribution is -0.114. The van der Waals surface area contributed by atoms with Gasteiger partial charge in [-0.05, 0) is 43.3 Å². The molecule has 5 nitrogen and oxygen atoms in total. The van der Waals surface area contributed by atoms with Gasteiger partial charge < -0.3 is 10.1 Å². The van der Waals surface area contributed by atoms with Gasteiger partial charge in [-0.3, -0.25) is 9.59 Å². The number of hydrogen-bond acceptors (Lipinski definition) is 4. The van der Waals surface area contributed by atoms with Crippen molar-refractivity contribution >= 4 is 23.3 Å². The second-order valence-electron chi connectivity index (χ2n) is 5.13. The van der Waals surface area contributed by atoms with Gasteiger partial charge in [-0.2, -0.15) is 0 Å². The van der Waals surface area contributed by atoms with Crippen molar-refractivity contribution in [2.24, 2.45) is 0 Å². The molecule has 1 amide bonds. The summed E-state index contributed by atoms with van der Waals surface area (Å²) in [5.74, 6) is -1.02. The van der Waals surface area contributed by atoms with Gasteiger partial charge in [0.15, 0.2) is 12.4 Å². The average Bonchev–Trinajstić information content (AvgIpc) is 2.52. The molecule has 0 spiro atoms. The molecule has 0 aliphatic heterocycles. The van der Waals surface area contributed by atoms with Crippen molar-refractivity contribution in [3.05, 3.63) is 65.2 Å². The highest BCUT2D eigenvalue weighted by Gasteiger charge is 2.12. The summed E-state index contributed by atoms with van der Waals surface area (Å²) >= 11 is 0. The van der Waals surface area contributed by atoms with E-state index < -0.39 is 5.97 Å². The van der Waals surface area contributed by atoms with Crippen LogP contribution in [0.3, 0.4) is 0 Å². The van der Waals surface area contributed by atoms with Crippen molar-refractivity contribution in [2.45, 2.75) is 13.8 Å². The van der Waals surface area contributed by atoms with E-state index in [0.29, 0.717) is 16.8 Å². The zero-order chi connectivity index (χ0) is 16.8. The molecule has 0 aliphatic carbocycles. The maximum atomic E-state index is 12.0. The van der Waals surface area contributed by atoms with Crippen LogP contribution in [0.25, 0.3) is 0 Å². The van der Waals surface area contributed by atoms with Gasteiger partial charge in [0.05, 0.1) is 5.56 Å². The fourth-order valence-electron chi connectivity index (χ4n) is 2.01. The Morgan fingerprint density at radius 3 is 2.30 bits per heavy atom. The Hall–Kier alpha value is -2.95. The van der Waals surface area contributed by atoms with Crippen LogP contribution in [0, 0.1) is 6.92 Å². The maximum Gasteiger partial charge on any atom is 0.338 e. The topological polar surface area (TPSA) is 72.5 Å². The van der Waals surface area contributed by atoms with E-state index in [2.05, 4.69) is 5.32 Å². The number of carbonyl (C=O) groups excluding carboxylic acids is 3. The van der Waals surface area contributed by atoms with Crippen molar-refractivity contribution in [3.8, 4) is 0 Å². The van der Waals surface area contributed by atoms with E-state index in [1.807, 2.05) is 13.0 Å². The number of esters is 1. The van der Waals surface area contributed by atoms with Crippen molar-refractivity contribution in [1.82, 2.24) is 0 Å². The summed E-state index contributed by atoms with van der Waals surface area (Å²) in [7, 11) is 0. The number of benzene rings is 2. The molecule has 2 aromatic carbocycles. The minimum Gasteiger partial charge on any atom is -0.454 e. The van der Waals surface area contributed by atoms with Crippen molar-refractivity contribution in [3.63, 3.8) is 0 Å². The Bertz CT molecular complexity index is 735. The fourth-order valence-corrected chi connectivity index (χ4v) is 2.01. The van der Waals surface area contributed by atoms with Crippen molar-refractivity contribution in [2.75, 3.05) is 11.9 Å². The molecule has 0 heterocycles. The van der Waals surface area contributed by atoms with Crippen LogP contribution in [0.5, 0.6) is 0 Å². The zero-order valence-corrected chi connectivity index (χ0v) is 13.0. The molecule has 0 bridgehead atoms. The molecule has 0 saturated heterocycles. The van der Waals surface area contributed by atoms with E-state index in [-0.39, 0.29) is 18.3 Å². The number of hydrogen-bond donors (Lipinski definition) is 1. The molecular weight excluding hydrogens is 294 g/mol. The molecule has 0 radical (unpaired) electrons. The molecule has 118 valence electrons. The van der Waals surface area contributed by atoms with Crippen molar-refractivity contribution < 1.29 is 19.1 Å². The quantitative estimate of drug-likeness (QED) is 0.680. The Kier molecular flexibility index (Phi) is 5.25. The molecule has 0 unspecified atom stereocenters. The van der Waals surface area contributed by atoms with Gasteiger partial charge >= 0.3 is 5.97 Å². The van der Waals surface area contributed by atoms with Crippen LogP contribution in [0.15, 0.2) is 48.5 Å². The zero-order valence-electron chi connectivity index (χ0n) is 13.0. The highest BCUT2D eigenvalue weighted by Crippen LogP contribution is 2.11. The average molecular weight is 311 g/mol. The summed E-state index contributed by atoms with van der Waals surface area (Å²) in [6.07, 6.45) is 0. The lowest BCUT2D eigenvalue weighted by Gasteiger charge is -2.06. The van der Waals surface area contributed by atoms with E-state index in [4.69, 9.17) is 4.74 Å². The maximum absolute atomic E-state index is 12.0. The number of amides is 1. The second kappa shape index (κ2) is 7.35. The molecule has 2 rings (SSSR count). The molecule has 0 aliphatic rings. The van der Waals surface area contributed by atoms with Gasteiger partial charge in [0.25, 0.3) is 0 Å². The molecule has 0 fully saturated rings. The lowest BCUT2D eigenvalue weighted by atomic mass is 10.1. The largest absolute Gasteiger partial charge is 0.454 e. The Morgan fingerprint density at radius 2 is 1.70 bits per heavy atom. The summed E-state index contributed by atoms with van der Waals surface area (Å²) in [5, 5.41) is 2.61. The molecule has 0 saturated carbocycles. The van der Waals surface area contributed by atoms with Crippen LogP contribution in [-0.2, 0) is 9.53 Å². The molecule has 5 heteroatoms. The monoisotopic (exact) mass is 311 g/mol. The molecule has 23 heavy (non-hydrogen) atoms. The number of carbonyl (C=O) groups is 3. The van der Waals surface area contributed by atoms with E-state index in [0.717, 1.165) is 5.56 Å². The third-order valence-corrected chi connectivity index (χ3v) is 3.12. The van der Waals surface area contributed by atoms with Gasteiger partial charge in [-0.15, -0.1) is 0 Å². The summed E-state index contributed by atoms with van der Waals surface area (Å²) in [6.45, 7) is 2.95. The number of rotatable bonds is 5. The molecular formula is C18H17NO4. The standard InChI is InChI=1S/C18H17NO4/c1-12-4-3-5-15(10-12)18(22)23-11-17(21)14-6-8-16(9-7-14)19-13(2)20/h3-10H,11H2,1-2H3,(H,19,20). The minimum atomic E-state index is -0.531. The highest BCUT2D eigenvalue weighted by molar-refractivity contribution is 6.00. The van der Waals surface area contributed by atoms with Crippen LogP contribution >= 0.6 is 0 Å². The minimum absolute atomic E-state index is 0.184. The van der Waals surface area contributed by atoms with E-state index >= 15 is 0 Å². The number of aryl methyl sites for hydroxylation is 1. The first kappa shape index (κ1) is 16.4. The number of anilines is 1. The Balaban J connectivity index is 1.94. The molecule has 0 atom stereocenters. The lowest BCUT2D eigenvalue weighted by Crippen LogP contribution is -2.14. The Labute approximate surface area is 134 Å². The fraction of sp³-hybridized carbons (Fsp3) is 0.167. The van der Waals surface area contributed by atoms with Crippen LogP contribution in [0.2, 0.25) is 0 Å². The van der Waals surface area contributed by atoms with E-state index in [1.54, 1.807) is 42.5 Å². The summed E-state index contributed by atoms with van der Waals surface area (Å²) in [4.78, 5) is 34.8. The molecule has 0 aromatic heterocycles. The van der Waals surface area contributed by atoms with Gasteiger partial charge in [-0.1, -0.05) is 17.7 Å². The van der Waals surface area contributed by atoms with Gasteiger partial charge in [0, 0.05) is 18.2 Å². The smallest absolute Gasteiger partial charge is 0.338 e. The first-order chi connectivity index (χ1) is 11.0. The van der Waals surface area contributed by atoms with E-state index in [9.17, 15) is 14.4 Å². The van der Waals surface area contributed by atoms with Crippen LogP contribution in [-0.4, -0.2) is 24.3 Å². The first-order valence-electron chi connectivity index (χ1n) is 7.10. The predicted octanol–water partition coefficient (Wildman–Crippen LogP) is 2.99. The molecule has 1 N–H and O–H groups in total. The van der Waals surface area contributed by atoms with Crippen LogP contribution < -0.4 is 5.32 Å². The van der Waals surface area contributed by atoms with Crippen LogP contribution in [0.1, 0.15) is 33.2 Å². The van der Waals surface area contributed by atoms with Crippen molar-refractivity contribution in [1.29, 1.82) is 0 Å². The number of Topliss-reactive ketones (excluding diaryl/α,β-unsaturated/α-hetero) is 1. The summed E-state index contributed by atoms with van der Waals surface area (Å²) in [6, 6.07) is 13.4. The third-order valence-electron chi connectivity index (χ3n) is 3.12.